The highest BCUT2D eigenvalue weighted by Gasteiger charge is 2.26. The van der Waals surface area contributed by atoms with Gasteiger partial charge in [-0.15, -0.1) is 0 Å². The number of nitrogens with one attached hydrogen (secondary N) is 3. The lowest BCUT2D eigenvalue weighted by Gasteiger charge is -2.22. The molecule has 9 nitrogen and oxygen atoms in total. The van der Waals surface area contributed by atoms with Crippen LogP contribution in [0.5, 0.6) is 5.88 Å². The van der Waals surface area contributed by atoms with Gasteiger partial charge in [0.1, 0.15) is 18.1 Å². The molecule has 34 heavy (non-hydrogen) atoms. The minimum absolute atomic E-state index is 0.00565. The molecule has 1 saturated carbocycles. The number of halogens is 1. The van der Waals surface area contributed by atoms with Crippen molar-refractivity contribution in [1.82, 2.24) is 15.3 Å². The predicted octanol–water partition coefficient (Wildman–Crippen LogP) is 3.82. The van der Waals surface area contributed by atoms with Crippen molar-refractivity contribution < 1.29 is 18.7 Å². The van der Waals surface area contributed by atoms with Crippen LogP contribution in [0.15, 0.2) is 24.5 Å². The fraction of sp³-hybridized carbons (Fsp3) is 0.375. The van der Waals surface area contributed by atoms with Gasteiger partial charge in [0.2, 0.25) is 5.88 Å². The molecule has 1 aliphatic carbocycles. The Kier molecular flexibility index (Phi) is 5.82. The molecule has 5 N–H and O–H groups in total. The highest BCUT2D eigenvalue weighted by Crippen LogP contribution is 2.39. The Hall–Kier alpha value is -3.66. The predicted molar refractivity (Wildman–Crippen MR) is 129 cm³/mol. The van der Waals surface area contributed by atoms with Crippen LogP contribution >= 0.6 is 0 Å². The van der Waals surface area contributed by atoms with Crippen LogP contribution in [0, 0.1) is 12.7 Å². The molecule has 1 aliphatic heterocycles. The number of anilines is 3. The molecule has 10 heteroatoms. The number of aromatic nitrogens is 2. The number of nitrogens with zero attached hydrogens (tertiary/aromatic N) is 2. The zero-order valence-corrected chi connectivity index (χ0v) is 19.1. The average molecular weight is 467 g/mol. The molecule has 1 aromatic carbocycles. The second-order valence-corrected chi connectivity index (χ2v) is 8.66. The van der Waals surface area contributed by atoms with Crippen LogP contribution < -0.4 is 26.4 Å². The highest BCUT2D eigenvalue weighted by atomic mass is 19.1. The number of carbonyl (C=O) groups is 1. The molecule has 5 rings (SSSR count). The summed E-state index contributed by atoms with van der Waals surface area (Å²) < 4.78 is 26.2. The van der Waals surface area contributed by atoms with Crippen LogP contribution in [0.25, 0.3) is 21.9 Å². The Morgan fingerprint density at radius 1 is 1.26 bits per heavy atom. The summed E-state index contributed by atoms with van der Waals surface area (Å²) in [5.74, 6) is 0.310. The van der Waals surface area contributed by atoms with E-state index < -0.39 is 5.82 Å². The lowest BCUT2D eigenvalue weighted by molar-refractivity contribution is 0.107. The molecule has 2 atom stereocenters. The Morgan fingerprint density at radius 3 is 2.91 bits per heavy atom. The quantitative estimate of drug-likeness (QED) is 0.431. The lowest BCUT2D eigenvalue weighted by Crippen LogP contribution is -2.36. The molecular formula is C24H27FN6O3. The normalized spacial score (nSPS) is 19.3. The third kappa shape index (κ3) is 4.05. The number of rotatable bonds is 4. The van der Waals surface area contributed by atoms with E-state index in [1.54, 1.807) is 25.4 Å². The van der Waals surface area contributed by atoms with Crippen molar-refractivity contribution in [2.45, 2.75) is 38.3 Å². The molecule has 2 amide bonds. The van der Waals surface area contributed by atoms with Crippen molar-refractivity contribution in [2.75, 3.05) is 36.6 Å². The third-order valence-corrected chi connectivity index (χ3v) is 6.53. The number of pyridine rings is 2. The smallest absolute Gasteiger partial charge is 0.320 e. The van der Waals surface area contributed by atoms with Gasteiger partial charge in [-0.05, 0) is 49.3 Å². The monoisotopic (exact) mass is 466 g/mol. The summed E-state index contributed by atoms with van der Waals surface area (Å²) in [5, 5.41) is 10.1. The van der Waals surface area contributed by atoms with Crippen molar-refractivity contribution in [3.8, 4) is 17.0 Å². The molecule has 0 radical (unpaired) electrons. The molecule has 0 bridgehead atoms. The Morgan fingerprint density at radius 2 is 2.12 bits per heavy atom. The van der Waals surface area contributed by atoms with E-state index in [2.05, 4.69) is 25.9 Å². The van der Waals surface area contributed by atoms with Gasteiger partial charge in [-0.3, -0.25) is 5.32 Å². The van der Waals surface area contributed by atoms with E-state index in [1.807, 2.05) is 6.92 Å². The number of methoxy groups -OCH3 is 1. The first-order chi connectivity index (χ1) is 16.4. The maximum Gasteiger partial charge on any atom is 0.320 e. The molecular weight excluding hydrogens is 439 g/mol. The lowest BCUT2D eigenvalue weighted by atomic mass is 9.97. The standard InChI is InChI=1S/C24H27FN6O3/c1-12-17(10-29-23-22(12)27-5-6-34-23)16-7-13-8-19(28-11-18(13)21(26)20(16)25)31-24(32)30-14-3-4-15(9-14)33-2/h7-8,10-11,14-15,27H,3-6,9,26H2,1-2H3,(H2,28,30,31,32)/t14-,15+/m1/s1. The first kappa shape index (κ1) is 22.1. The second-order valence-electron chi connectivity index (χ2n) is 8.66. The van der Waals surface area contributed by atoms with Gasteiger partial charge in [0, 0.05) is 48.6 Å². The Bertz CT molecular complexity index is 1270. The zero-order valence-electron chi connectivity index (χ0n) is 19.1. The number of carbonyl (C=O) groups excluding carboxylic acids is 1. The molecule has 3 heterocycles. The topological polar surface area (TPSA) is 123 Å². The maximum atomic E-state index is 15.3. The summed E-state index contributed by atoms with van der Waals surface area (Å²) in [6, 6.07) is 3.10. The minimum atomic E-state index is -0.539. The maximum absolute atomic E-state index is 15.3. The van der Waals surface area contributed by atoms with Gasteiger partial charge in [-0.2, -0.15) is 0 Å². The van der Waals surface area contributed by atoms with E-state index >= 15 is 4.39 Å². The van der Waals surface area contributed by atoms with Crippen LogP contribution in [0.3, 0.4) is 0 Å². The molecule has 2 aromatic heterocycles. The SMILES string of the molecule is CO[C@H]1CC[C@@H](NC(=O)Nc2cc3cc(-c4cnc5c(c4C)NCCO5)c(F)c(N)c3cn2)C1. The fourth-order valence-electron chi connectivity index (χ4n) is 4.68. The average Bonchev–Trinajstić information content (AvgIpc) is 3.29. The second kappa shape index (κ2) is 8.94. The number of nitrogens with two attached hydrogens (primary N) is 1. The molecule has 0 spiro atoms. The number of nitrogen functional groups attached to an aromatic ring is 1. The van der Waals surface area contributed by atoms with Crippen LogP contribution in [0.4, 0.5) is 26.4 Å². The molecule has 3 aromatic rings. The number of fused-ring (bicyclic) bond motifs is 2. The largest absolute Gasteiger partial charge is 0.474 e. The van der Waals surface area contributed by atoms with Crippen LogP contribution in [0.2, 0.25) is 0 Å². The number of amides is 2. The van der Waals surface area contributed by atoms with Gasteiger partial charge in [0.25, 0.3) is 0 Å². The van der Waals surface area contributed by atoms with Gasteiger partial charge in [-0.25, -0.2) is 19.2 Å². The Labute approximate surface area is 196 Å². The Balaban J connectivity index is 1.44. The van der Waals surface area contributed by atoms with E-state index in [-0.39, 0.29) is 23.9 Å². The van der Waals surface area contributed by atoms with Crippen molar-refractivity contribution in [3.63, 3.8) is 0 Å². The number of hydrogen-bond acceptors (Lipinski definition) is 7. The van der Waals surface area contributed by atoms with Crippen molar-refractivity contribution in [2.24, 2.45) is 0 Å². The summed E-state index contributed by atoms with van der Waals surface area (Å²) in [4.78, 5) is 21.1. The highest BCUT2D eigenvalue weighted by molar-refractivity contribution is 6.00. The summed E-state index contributed by atoms with van der Waals surface area (Å²) in [7, 11) is 1.68. The minimum Gasteiger partial charge on any atom is -0.474 e. The van der Waals surface area contributed by atoms with Crippen molar-refractivity contribution in [1.29, 1.82) is 0 Å². The van der Waals surface area contributed by atoms with E-state index in [1.165, 1.54) is 6.20 Å². The van der Waals surface area contributed by atoms with Gasteiger partial charge in [0.05, 0.1) is 11.8 Å². The van der Waals surface area contributed by atoms with Gasteiger partial charge in [0.15, 0.2) is 5.82 Å². The number of hydrogen-bond donors (Lipinski definition) is 4. The van der Waals surface area contributed by atoms with Crippen molar-refractivity contribution in [3.05, 3.63) is 35.9 Å². The van der Waals surface area contributed by atoms with E-state index in [9.17, 15) is 4.79 Å². The summed E-state index contributed by atoms with van der Waals surface area (Å²) in [5.41, 5.74) is 8.64. The van der Waals surface area contributed by atoms with Crippen LogP contribution in [-0.2, 0) is 4.74 Å². The van der Waals surface area contributed by atoms with Gasteiger partial charge in [-0.1, -0.05) is 0 Å². The van der Waals surface area contributed by atoms with Gasteiger partial charge < -0.3 is 25.8 Å². The van der Waals surface area contributed by atoms with E-state index in [4.69, 9.17) is 15.2 Å². The molecule has 178 valence electrons. The number of benzene rings is 1. The van der Waals surface area contributed by atoms with Crippen molar-refractivity contribution >= 4 is 34.0 Å². The molecule has 0 saturated heterocycles. The first-order valence-corrected chi connectivity index (χ1v) is 11.3. The fourth-order valence-corrected chi connectivity index (χ4v) is 4.68. The summed E-state index contributed by atoms with van der Waals surface area (Å²) in [6.07, 6.45) is 5.79. The van der Waals surface area contributed by atoms with E-state index in [0.29, 0.717) is 46.7 Å². The first-order valence-electron chi connectivity index (χ1n) is 11.3. The van der Waals surface area contributed by atoms with E-state index in [0.717, 1.165) is 30.5 Å². The molecule has 1 fully saturated rings. The number of ether oxygens (including phenoxy) is 2. The van der Waals surface area contributed by atoms with Crippen LogP contribution in [-0.4, -0.2) is 48.4 Å². The number of urea groups is 1. The summed E-state index contributed by atoms with van der Waals surface area (Å²) in [6.45, 7) is 3.07. The van der Waals surface area contributed by atoms with Gasteiger partial charge >= 0.3 is 6.03 Å². The zero-order chi connectivity index (χ0) is 23.8. The third-order valence-electron chi connectivity index (χ3n) is 6.53. The van der Waals surface area contributed by atoms with Crippen LogP contribution in [0.1, 0.15) is 24.8 Å². The molecule has 0 unspecified atom stereocenters. The summed E-state index contributed by atoms with van der Waals surface area (Å²) >= 11 is 0. The molecule has 2 aliphatic rings.